The Bertz CT molecular complexity index is 1020. The third-order valence-electron chi connectivity index (χ3n) is 12.6. The highest BCUT2D eigenvalue weighted by Gasteiger charge is 2.17. The molecule has 0 heterocycles. The maximum atomic E-state index is 12.8. The largest absolute Gasteiger partial charge is 0.462 e. The van der Waals surface area contributed by atoms with Crippen LogP contribution in [-0.2, 0) is 23.8 Å². The highest BCUT2D eigenvalue weighted by Crippen LogP contribution is 2.16. The Morgan fingerprint density at radius 3 is 1.08 bits per heavy atom. The van der Waals surface area contributed by atoms with E-state index in [1.165, 1.54) is 218 Å². The van der Waals surface area contributed by atoms with Gasteiger partial charge in [0.15, 0.2) is 6.10 Å². The topological polar surface area (TPSA) is 61.8 Å². The second-order valence-corrected chi connectivity index (χ2v) is 19.2. The zero-order valence-corrected chi connectivity index (χ0v) is 43.3. The number of hydrogen-bond donors (Lipinski definition) is 0. The molecule has 0 spiro atoms. The third kappa shape index (κ3) is 52.7. The highest BCUT2D eigenvalue weighted by molar-refractivity contribution is 5.70. The number of allylic oxidation sites excluding steroid dienone is 6. The maximum Gasteiger partial charge on any atom is 0.306 e. The number of unbranched alkanes of at least 4 members (excludes halogenated alkanes) is 36. The van der Waals surface area contributed by atoms with Crippen molar-refractivity contribution in [3.63, 3.8) is 0 Å². The van der Waals surface area contributed by atoms with Crippen LogP contribution in [0.3, 0.4) is 0 Å². The quantitative estimate of drug-likeness (QED) is 0.0346. The van der Waals surface area contributed by atoms with E-state index in [0.29, 0.717) is 19.4 Å². The normalized spacial score (nSPS) is 12.4. The van der Waals surface area contributed by atoms with Gasteiger partial charge in [0.1, 0.15) is 6.61 Å². The van der Waals surface area contributed by atoms with Gasteiger partial charge in [-0.1, -0.05) is 250 Å². The summed E-state index contributed by atoms with van der Waals surface area (Å²) in [4.78, 5) is 25.5. The van der Waals surface area contributed by atoms with Crippen LogP contribution in [0, 0.1) is 0 Å². The maximum absolute atomic E-state index is 12.8. The lowest BCUT2D eigenvalue weighted by atomic mass is 10.0. The molecular weight excluding hydrogens is 789 g/mol. The fourth-order valence-corrected chi connectivity index (χ4v) is 8.36. The molecule has 0 aromatic rings. The van der Waals surface area contributed by atoms with Crippen LogP contribution in [0.2, 0.25) is 0 Å². The van der Waals surface area contributed by atoms with Gasteiger partial charge in [-0.15, -0.1) is 0 Å². The van der Waals surface area contributed by atoms with Crippen LogP contribution in [0.15, 0.2) is 36.5 Å². The summed E-state index contributed by atoms with van der Waals surface area (Å²) in [7, 11) is 0. The van der Waals surface area contributed by atoms with Crippen molar-refractivity contribution >= 4 is 11.9 Å². The van der Waals surface area contributed by atoms with Crippen LogP contribution in [0.5, 0.6) is 0 Å². The summed E-state index contributed by atoms with van der Waals surface area (Å²) in [6.07, 6.45) is 67.3. The minimum absolute atomic E-state index is 0.0824. The predicted molar refractivity (Wildman–Crippen MR) is 279 cm³/mol. The van der Waals surface area contributed by atoms with E-state index in [1.807, 2.05) is 0 Å². The van der Waals surface area contributed by atoms with Crippen molar-refractivity contribution in [2.75, 3.05) is 19.8 Å². The molecule has 0 aliphatic heterocycles. The molecule has 0 aliphatic rings. The summed E-state index contributed by atoms with van der Waals surface area (Å²) in [5.74, 6) is -0.401. The van der Waals surface area contributed by atoms with Crippen LogP contribution in [-0.4, -0.2) is 37.9 Å². The lowest BCUT2D eigenvalue weighted by molar-refractivity contribution is -0.163. The summed E-state index contributed by atoms with van der Waals surface area (Å²) >= 11 is 0. The van der Waals surface area contributed by atoms with Crippen molar-refractivity contribution in [3.05, 3.63) is 36.5 Å². The number of esters is 2. The SMILES string of the molecule is CCCCC/C=C\C/C=C\CCCCCCCC(=O)O[C@H](COCCCCCCCCCCCCCCCCCC)COC(=O)CCCCCCCCC/C=C\CCCCCCCC. The Morgan fingerprint density at radius 1 is 0.344 bits per heavy atom. The Kier molecular flexibility index (Phi) is 53.8. The smallest absolute Gasteiger partial charge is 0.306 e. The van der Waals surface area contributed by atoms with Gasteiger partial charge in [0.05, 0.1) is 6.61 Å². The first-order valence-electron chi connectivity index (χ1n) is 28.5. The van der Waals surface area contributed by atoms with E-state index in [2.05, 4.69) is 57.2 Å². The number of carbonyl (C=O) groups is 2. The van der Waals surface area contributed by atoms with Crippen molar-refractivity contribution in [1.29, 1.82) is 0 Å². The average Bonchev–Trinajstić information content (AvgIpc) is 3.30. The third-order valence-corrected chi connectivity index (χ3v) is 12.6. The van der Waals surface area contributed by atoms with Gasteiger partial charge in [0.25, 0.3) is 0 Å². The van der Waals surface area contributed by atoms with Gasteiger partial charge in [-0.2, -0.15) is 0 Å². The highest BCUT2D eigenvalue weighted by atomic mass is 16.6. The number of carbonyl (C=O) groups excluding carboxylic acids is 2. The van der Waals surface area contributed by atoms with E-state index in [1.54, 1.807) is 0 Å². The first-order valence-corrected chi connectivity index (χ1v) is 28.5. The molecule has 0 fully saturated rings. The van der Waals surface area contributed by atoms with Crippen LogP contribution < -0.4 is 0 Å². The average molecular weight is 900 g/mol. The van der Waals surface area contributed by atoms with Crippen molar-refractivity contribution in [1.82, 2.24) is 0 Å². The van der Waals surface area contributed by atoms with Crippen molar-refractivity contribution in [3.8, 4) is 0 Å². The molecule has 1 atom stereocenters. The van der Waals surface area contributed by atoms with Gasteiger partial charge in [-0.25, -0.2) is 0 Å². The summed E-state index contributed by atoms with van der Waals surface area (Å²) in [5, 5.41) is 0. The molecule has 376 valence electrons. The molecule has 0 radical (unpaired) electrons. The van der Waals surface area contributed by atoms with Crippen molar-refractivity contribution < 1.29 is 23.8 Å². The molecule has 0 rings (SSSR count). The van der Waals surface area contributed by atoms with Crippen LogP contribution in [0.1, 0.15) is 303 Å². The van der Waals surface area contributed by atoms with Gasteiger partial charge in [0.2, 0.25) is 0 Å². The summed E-state index contributed by atoms with van der Waals surface area (Å²) in [5.41, 5.74) is 0. The minimum atomic E-state index is -0.541. The summed E-state index contributed by atoms with van der Waals surface area (Å²) in [6, 6.07) is 0. The van der Waals surface area contributed by atoms with Crippen LogP contribution in [0.4, 0.5) is 0 Å². The predicted octanol–water partition coefficient (Wildman–Crippen LogP) is 19.4. The van der Waals surface area contributed by atoms with E-state index in [-0.39, 0.29) is 25.2 Å². The zero-order chi connectivity index (χ0) is 46.3. The molecular formula is C59H110O5. The molecule has 0 aliphatic carbocycles. The first-order chi connectivity index (χ1) is 31.6. The number of rotatable bonds is 53. The van der Waals surface area contributed by atoms with Gasteiger partial charge in [-0.05, 0) is 77.0 Å². The Hall–Kier alpha value is -1.88. The van der Waals surface area contributed by atoms with Gasteiger partial charge in [-0.3, -0.25) is 9.59 Å². The molecule has 0 aromatic carbocycles. The summed E-state index contributed by atoms with van der Waals surface area (Å²) < 4.78 is 17.5. The fourth-order valence-electron chi connectivity index (χ4n) is 8.36. The Labute approximate surface area is 400 Å². The molecule has 64 heavy (non-hydrogen) atoms. The number of ether oxygens (including phenoxy) is 3. The van der Waals surface area contributed by atoms with E-state index < -0.39 is 6.10 Å². The van der Waals surface area contributed by atoms with E-state index in [4.69, 9.17) is 14.2 Å². The van der Waals surface area contributed by atoms with E-state index in [0.717, 1.165) is 51.4 Å². The molecule has 5 nitrogen and oxygen atoms in total. The van der Waals surface area contributed by atoms with Gasteiger partial charge >= 0.3 is 11.9 Å². The second-order valence-electron chi connectivity index (χ2n) is 19.2. The molecule has 5 heteroatoms. The molecule has 0 amide bonds. The van der Waals surface area contributed by atoms with E-state index >= 15 is 0 Å². The zero-order valence-electron chi connectivity index (χ0n) is 43.3. The lowest BCUT2D eigenvalue weighted by Crippen LogP contribution is -2.30. The van der Waals surface area contributed by atoms with Gasteiger partial charge < -0.3 is 14.2 Å². The standard InChI is InChI=1S/C59H110O5/c1-4-7-10-13-16-19-22-25-28-30-32-34-37-40-43-46-49-52-58(60)63-56-57(55-62-54-51-48-45-42-39-36-33-29-26-23-20-17-14-11-8-5-2)64-59(61)53-50-47-44-41-38-35-31-27-24-21-18-15-12-9-6-3/h18,21,25,27-28,31,57H,4-17,19-20,22-24,26,29-30,32-56H2,1-3H3/b21-18-,28-25-,31-27-/t57-/m1/s1. The molecule has 0 saturated carbocycles. The molecule has 0 bridgehead atoms. The lowest BCUT2D eigenvalue weighted by Gasteiger charge is -2.18. The molecule has 0 aromatic heterocycles. The monoisotopic (exact) mass is 899 g/mol. The fraction of sp³-hybridized carbons (Fsp3) is 0.864. The second kappa shape index (κ2) is 55.4. The van der Waals surface area contributed by atoms with Crippen molar-refractivity contribution in [2.45, 2.75) is 309 Å². The Morgan fingerprint density at radius 2 is 0.656 bits per heavy atom. The number of hydrogen-bond acceptors (Lipinski definition) is 5. The van der Waals surface area contributed by atoms with Gasteiger partial charge in [0, 0.05) is 19.4 Å². The van der Waals surface area contributed by atoms with E-state index in [9.17, 15) is 9.59 Å². The Balaban J connectivity index is 4.26. The minimum Gasteiger partial charge on any atom is -0.462 e. The van der Waals surface area contributed by atoms with Crippen LogP contribution in [0.25, 0.3) is 0 Å². The molecule has 0 unspecified atom stereocenters. The first kappa shape index (κ1) is 62.1. The summed E-state index contributed by atoms with van der Waals surface area (Å²) in [6.45, 7) is 7.84. The van der Waals surface area contributed by atoms with Crippen LogP contribution >= 0.6 is 0 Å². The molecule has 0 N–H and O–H groups in total. The van der Waals surface area contributed by atoms with Crippen molar-refractivity contribution in [2.24, 2.45) is 0 Å². The molecule has 0 saturated heterocycles.